The van der Waals surface area contributed by atoms with Gasteiger partial charge in [-0.15, -0.1) is 0 Å². The van der Waals surface area contributed by atoms with Crippen LogP contribution in [0.5, 0.6) is 0 Å². The summed E-state index contributed by atoms with van der Waals surface area (Å²) in [5, 5.41) is 7.75. The van der Waals surface area contributed by atoms with Gasteiger partial charge in [0.2, 0.25) is 0 Å². The molecule has 7 rings (SSSR count). The van der Waals surface area contributed by atoms with Gasteiger partial charge in [0, 0.05) is 9.13 Å². The molecule has 0 aliphatic heterocycles. The predicted octanol–water partition coefficient (Wildman–Crippen LogP) is 10.8. The number of halogens is 1. The zero-order valence-corrected chi connectivity index (χ0v) is 22.3. The molecule has 0 saturated heterocycles. The maximum atomic E-state index is 2.55. The Balaban J connectivity index is 1.45. The molecule has 0 spiro atoms. The lowest BCUT2D eigenvalue weighted by molar-refractivity contribution is 1.61. The van der Waals surface area contributed by atoms with Crippen molar-refractivity contribution in [2.75, 3.05) is 0 Å². The van der Waals surface area contributed by atoms with E-state index in [0.29, 0.717) is 0 Å². The van der Waals surface area contributed by atoms with Crippen LogP contribution in [0.4, 0.5) is 0 Å². The number of hydrogen-bond donors (Lipinski definition) is 0. The quantitative estimate of drug-likeness (QED) is 0.144. The highest BCUT2D eigenvalue weighted by Crippen LogP contribution is 2.42. The van der Waals surface area contributed by atoms with Crippen LogP contribution in [0.2, 0.25) is 0 Å². The Morgan fingerprint density at radius 1 is 0.351 bits per heavy atom. The van der Waals surface area contributed by atoms with E-state index < -0.39 is 0 Å². The number of benzene rings is 7. The lowest BCUT2D eigenvalue weighted by atomic mass is 9.90. The van der Waals surface area contributed by atoms with Crippen LogP contribution in [0, 0.1) is 3.57 Å². The van der Waals surface area contributed by atoms with Crippen molar-refractivity contribution in [3.05, 3.63) is 143 Å². The lowest BCUT2D eigenvalue weighted by Gasteiger charge is -2.16. The van der Waals surface area contributed by atoms with Gasteiger partial charge in [-0.1, -0.05) is 133 Å². The van der Waals surface area contributed by atoms with E-state index in [0.717, 1.165) is 0 Å². The van der Waals surface area contributed by atoms with E-state index in [2.05, 4.69) is 162 Å². The molecule has 0 radical (unpaired) electrons. The van der Waals surface area contributed by atoms with Crippen molar-refractivity contribution in [2.45, 2.75) is 0 Å². The molecule has 1 heteroatoms. The van der Waals surface area contributed by atoms with Crippen molar-refractivity contribution >= 4 is 54.9 Å². The van der Waals surface area contributed by atoms with E-state index in [1.54, 1.807) is 0 Å². The number of fused-ring (bicyclic) bond motifs is 4. The van der Waals surface area contributed by atoms with Crippen molar-refractivity contribution in [3.63, 3.8) is 0 Å². The average Bonchev–Trinajstić information content (AvgIpc) is 2.97. The molecule has 0 saturated carbocycles. The molecule has 0 fully saturated rings. The van der Waals surface area contributed by atoms with Gasteiger partial charge in [0.15, 0.2) is 0 Å². The Bertz CT molecular complexity index is 1910. The Morgan fingerprint density at radius 3 is 1.76 bits per heavy atom. The third-order valence-electron chi connectivity index (χ3n) is 7.34. The minimum Gasteiger partial charge on any atom is -0.0622 e. The highest BCUT2D eigenvalue weighted by Gasteiger charge is 2.15. The molecule has 7 aromatic rings. The second-order valence-corrected chi connectivity index (χ2v) is 10.5. The summed E-state index contributed by atoms with van der Waals surface area (Å²) in [7, 11) is 0. The first-order valence-electron chi connectivity index (χ1n) is 12.6. The van der Waals surface area contributed by atoms with Gasteiger partial charge in [-0.3, -0.25) is 0 Å². The third-order valence-corrected chi connectivity index (χ3v) is 8.46. The van der Waals surface area contributed by atoms with Gasteiger partial charge in [-0.05, 0) is 88.8 Å². The van der Waals surface area contributed by atoms with Crippen LogP contribution < -0.4 is 0 Å². The molecule has 0 nitrogen and oxygen atoms in total. The van der Waals surface area contributed by atoms with Crippen LogP contribution in [0.1, 0.15) is 0 Å². The first-order chi connectivity index (χ1) is 18.3. The van der Waals surface area contributed by atoms with Crippen molar-refractivity contribution < 1.29 is 0 Å². The van der Waals surface area contributed by atoms with E-state index in [1.165, 1.54) is 69.3 Å². The van der Waals surface area contributed by atoms with Crippen LogP contribution in [0.3, 0.4) is 0 Å². The van der Waals surface area contributed by atoms with E-state index in [4.69, 9.17) is 0 Å². The maximum Gasteiger partial charge on any atom is 0.0293 e. The molecule has 0 aliphatic rings. The van der Waals surface area contributed by atoms with Gasteiger partial charge in [0.25, 0.3) is 0 Å². The number of hydrogen-bond acceptors (Lipinski definition) is 0. The van der Waals surface area contributed by atoms with E-state index >= 15 is 0 Å². The van der Waals surface area contributed by atoms with Crippen LogP contribution in [-0.2, 0) is 0 Å². The minimum absolute atomic E-state index is 1.24. The van der Waals surface area contributed by atoms with Crippen LogP contribution >= 0.6 is 22.6 Å². The normalized spacial score (nSPS) is 11.4. The Hall–Kier alpha value is -3.95. The van der Waals surface area contributed by atoms with Gasteiger partial charge in [-0.2, -0.15) is 0 Å². The van der Waals surface area contributed by atoms with Crippen LogP contribution in [-0.4, -0.2) is 0 Å². The summed E-state index contributed by atoms with van der Waals surface area (Å²) in [6, 6.07) is 50.6. The summed E-state index contributed by atoms with van der Waals surface area (Å²) in [6.45, 7) is 0. The highest BCUT2D eigenvalue weighted by molar-refractivity contribution is 14.1. The lowest BCUT2D eigenvalue weighted by Crippen LogP contribution is -1.91. The van der Waals surface area contributed by atoms with Crippen LogP contribution in [0.15, 0.2) is 140 Å². The molecular formula is C36H23I. The largest absolute Gasteiger partial charge is 0.0622 e. The molecule has 0 aliphatic carbocycles. The topological polar surface area (TPSA) is 0 Å². The van der Waals surface area contributed by atoms with E-state index in [1.807, 2.05) is 0 Å². The second-order valence-electron chi connectivity index (χ2n) is 9.47. The molecular weight excluding hydrogens is 559 g/mol. The Morgan fingerprint density at radius 2 is 0.946 bits per heavy atom. The first-order valence-corrected chi connectivity index (χ1v) is 13.6. The van der Waals surface area contributed by atoms with Crippen molar-refractivity contribution in [1.82, 2.24) is 0 Å². The fourth-order valence-electron chi connectivity index (χ4n) is 5.53. The summed E-state index contributed by atoms with van der Waals surface area (Å²) in [4.78, 5) is 0. The number of rotatable bonds is 3. The summed E-state index contributed by atoms with van der Waals surface area (Å²) in [6.07, 6.45) is 0. The Kier molecular flexibility index (Phi) is 5.52. The fraction of sp³-hybridized carbons (Fsp3) is 0. The molecule has 0 heterocycles. The van der Waals surface area contributed by atoms with Crippen molar-refractivity contribution in [2.24, 2.45) is 0 Å². The molecule has 0 N–H and O–H groups in total. The molecule has 37 heavy (non-hydrogen) atoms. The standard InChI is InChI=1S/C36H23I/c37-36-33-15-7-6-14-31(33)32-22-21-28(24-9-2-1-3-10-24)23-34(32)35(36)27-19-17-26(18-20-27)30-16-8-12-25-11-4-5-13-29(25)30/h1-23H. The molecule has 174 valence electrons. The summed E-state index contributed by atoms with van der Waals surface area (Å²) in [5.41, 5.74) is 7.54. The van der Waals surface area contributed by atoms with Gasteiger partial charge in [-0.25, -0.2) is 0 Å². The summed E-state index contributed by atoms with van der Waals surface area (Å²) < 4.78 is 1.30. The third kappa shape index (κ3) is 3.82. The monoisotopic (exact) mass is 582 g/mol. The minimum atomic E-state index is 1.24. The molecule has 0 amide bonds. The summed E-state index contributed by atoms with van der Waals surface area (Å²) >= 11 is 2.55. The first kappa shape index (κ1) is 22.3. The maximum absolute atomic E-state index is 2.55. The smallest absolute Gasteiger partial charge is 0.0293 e. The molecule has 0 unspecified atom stereocenters. The van der Waals surface area contributed by atoms with Gasteiger partial charge in [0.05, 0.1) is 0 Å². The molecule has 0 aromatic heterocycles. The zero-order chi connectivity index (χ0) is 24.8. The Labute approximate surface area is 230 Å². The van der Waals surface area contributed by atoms with Gasteiger partial charge in [0.1, 0.15) is 0 Å². The summed E-state index contributed by atoms with van der Waals surface area (Å²) in [5.74, 6) is 0. The SMILES string of the molecule is Ic1c(-c2ccc(-c3cccc4ccccc34)cc2)c2cc(-c3ccccc3)ccc2c2ccccc12. The fourth-order valence-corrected chi connectivity index (χ4v) is 6.61. The van der Waals surface area contributed by atoms with Crippen molar-refractivity contribution in [1.29, 1.82) is 0 Å². The average molecular weight is 582 g/mol. The van der Waals surface area contributed by atoms with E-state index in [-0.39, 0.29) is 0 Å². The van der Waals surface area contributed by atoms with Gasteiger partial charge >= 0.3 is 0 Å². The predicted molar refractivity (Wildman–Crippen MR) is 168 cm³/mol. The molecule has 0 bridgehead atoms. The molecule has 0 atom stereocenters. The highest BCUT2D eigenvalue weighted by atomic mass is 127. The molecule has 7 aromatic carbocycles. The van der Waals surface area contributed by atoms with Crippen LogP contribution in [0.25, 0.3) is 65.7 Å². The zero-order valence-electron chi connectivity index (χ0n) is 20.2. The van der Waals surface area contributed by atoms with Crippen molar-refractivity contribution in [3.8, 4) is 33.4 Å². The van der Waals surface area contributed by atoms with Gasteiger partial charge < -0.3 is 0 Å². The second kappa shape index (κ2) is 9.17. The van der Waals surface area contributed by atoms with E-state index in [9.17, 15) is 0 Å².